The van der Waals surface area contributed by atoms with Gasteiger partial charge in [-0.05, 0) is 43.2 Å². The van der Waals surface area contributed by atoms with E-state index in [-0.39, 0.29) is 6.04 Å². The summed E-state index contributed by atoms with van der Waals surface area (Å²) in [6.45, 7) is 4.74. The first-order valence-corrected chi connectivity index (χ1v) is 7.29. The monoisotopic (exact) mass is 301 g/mol. The first-order chi connectivity index (χ1) is 10.6. The number of benzene rings is 2. The molecule has 0 saturated carbocycles. The fourth-order valence-corrected chi connectivity index (χ4v) is 2.50. The second-order valence-electron chi connectivity index (χ2n) is 5.30. The minimum absolute atomic E-state index is 0.124. The third kappa shape index (κ3) is 3.52. The zero-order chi connectivity index (χ0) is 16.1. The van der Waals surface area contributed by atoms with Crippen molar-refractivity contribution in [1.29, 1.82) is 0 Å². The summed E-state index contributed by atoms with van der Waals surface area (Å²) in [7, 11) is 3.27. The Hall–Kier alpha value is -2.20. The predicted octanol–water partition coefficient (Wildman–Crippen LogP) is 3.57. The molecule has 4 heteroatoms. The fourth-order valence-electron chi connectivity index (χ4n) is 2.50. The average molecular weight is 301 g/mol. The Kier molecular flexibility index (Phi) is 5.28. The number of aryl methyl sites for hydroxylation is 1. The molecule has 0 amide bonds. The van der Waals surface area contributed by atoms with E-state index in [1.165, 1.54) is 0 Å². The highest BCUT2D eigenvalue weighted by Gasteiger charge is 2.14. The lowest BCUT2D eigenvalue weighted by Crippen LogP contribution is -2.19. The number of hydrogen-bond donors (Lipinski definition) is 2. The molecule has 2 aromatic rings. The lowest BCUT2D eigenvalue weighted by molar-refractivity contribution is 0.353. The minimum Gasteiger partial charge on any atom is -0.508 e. The summed E-state index contributed by atoms with van der Waals surface area (Å²) in [5.74, 6) is 1.77. The lowest BCUT2D eigenvalue weighted by atomic mass is 10.0. The van der Waals surface area contributed by atoms with Gasteiger partial charge in [-0.2, -0.15) is 0 Å². The van der Waals surface area contributed by atoms with Crippen LogP contribution in [-0.2, 0) is 6.54 Å². The van der Waals surface area contributed by atoms with Crippen LogP contribution in [0.3, 0.4) is 0 Å². The highest BCUT2D eigenvalue weighted by molar-refractivity contribution is 5.48. The van der Waals surface area contributed by atoms with Crippen LogP contribution >= 0.6 is 0 Å². The van der Waals surface area contributed by atoms with Gasteiger partial charge in [0, 0.05) is 18.2 Å². The first kappa shape index (κ1) is 16.2. The largest absolute Gasteiger partial charge is 0.508 e. The number of phenols is 1. The Morgan fingerprint density at radius 2 is 1.73 bits per heavy atom. The number of methoxy groups -OCH3 is 2. The Balaban J connectivity index is 2.15. The van der Waals surface area contributed by atoms with Gasteiger partial charge in [-0.15, -0.1) is 0 Å². The maximum Gasteiger partial charge on any atom is 0.161 e. The molecule has 0 aliphatic heterocycles. The summed E-state index contributed by atoms with van der Waals surface area (Å²) in [5, 5.41) is 13.3. The number of hydrogen-bond acceptors (Lipinski definition) is 4. The van der Waals surface area contributed by atoms with Crippen LogP contribution in [-0.4, -0.2) is 19.3 Å². The van der Waals surface area contributed by atoms with Crippen molar-refractivity contribution in [2.24, 2.45) is 0 Å². The SMILES string of the molecule is COc1cc(C)c([C@@H](C)NCc2ccccc2O)cc1OC. The molecule has 2 aromatic carbocycles. The molecule has 0 spiro atoms. The predicted molar refractivity (Wildman–Crippen MR) is 87.6 cm³/mol. The van der Waals surface area contributed by atoms with E-state index in [0.717, 1.165) is 28.2 Å². The number of phenolic OH excluding ortho intramolecular Hbond substituents is 1. The molecule has 0 aromatic heterocycles. The highest BCUT2D eigenvalue weighted by Crippen LogP contribution is 2.33. The summed E-state index contributed by atoms with van der Waals surface area (Å²) in [6.07, 6.45) is 0. The average Bonchev–Trinajstić information content (AvgIpc) is 2.53. The molecule has 2 rings (SSSR count). The van der Waals surface area contributed by atoms with Crippen molar-refractivity contribution in [1.82, 2.24) is 5.32 Å². The van der Waals surface area contributed by atoms with Gasteiger partial charge in [-0.3, -0.25) is 0 Å². The third-order valence-corrected chi connectivity index (χ3v) is 3.83. The standard InChI is InChI=1S/C18H23NO3/c1-12-9-17(21-3)18(22-4)10-15(12)13(2)19-11-14-7-5-6-8-16(14)20/h5-10,13,19-20H,11H2,1-4H3/t13-/m1/s1. The van der Waals surface area contributed by atoms with Gasteiger partial charge in [0.15, 0.2) is 11.5 Å². The molecule has 0 aliphatic rings. The summed E-state index contributed by atoms with van der Waals surface area (Å²) < 4.78 is 10.7. The van der Waals surface area contributed by atoms with Crippen molar-refractivity contribution in [3.8, 4) is 17.2 Å². The van der Waals surface area contributed by atoms with Gasteiger partial charge in [-0.25, -0.2) is 0 Å². The highest BCUT2D eigenvalue weighted by atomic mass is 16.5. The lowest BCUT2D eigenvalue weighted by Gasteiger charge is -2.19. The molecule has 118 valence electrons. The maximum absolute atomic E-state index is 9.82. The van der Waals surface area contributed by atoms with E-state index in [1.807, 2.05) is 30.3 Å². The van der Waals surface area contributed by atoms with E-state index in [9.17, 15) is 5.11 Å². The van der Waals surface area contributed by atoms with Crippen molar-refractivity contribution < 1.29 is 14.6 Å². The Bertz CT molecular complexity index is 640. The van der Waals surface area contributed by atoms with Crippen LogP contribution in [0, 0.1) is 6.92 Å². The van der Waals surface area contributed by atoms with E-state index in [1.54, 1.807) is 20.3 Å². The minimum atomic E-state index is 0.124. The van der Waals surface area contributed by atoms with Gasteiger partial charge in [-0.1, -0.05) is 18.2 Å². The fraction of sp³-hybridized carbons (Fsp3) is 0.333. The van der Waals surface area contributed by atoms with Crippen molar-refractivity contribution >= 4 is 0 Å². The Morgan fingerprint density at radius 3 is 2.36 bits per heavy atom. The molecule has 0 fully saturated rings. The molecule has 0 unspecified atom stereocenters. The van der Waals surface area contributed by atoms with E-state index in [4.69, 9.17) is 9.47 Å². The molecule has 2 N–H and O–H groups in total. The summed E-state index contributed by atoms with van der Waals surface area (Å²) >= 11 is 0. The molecule has 0 heterocycles. The zero-order valence-electron chi connectivity index (χ0n) is 13.5. The summed E-state index contributed by atoms with van der Waals surface area (Å²) in [4.78, 5) is 0. The maximum atomic E-state index is 9.82. The third-order valence-electron chi connectivity index (χ3n) is 3.83. The van der Waals surface area contributed by atoms with E-state index in [0.29, 0.717) is 12.3 Å². The molecular formula is C18H23NO3. The molecular weight excluding hydrogens is 278 g/mol. The van der Waals surface area contributed by atoms with Crippen LogP contribution in [0.25, 0.3) is 0 Å². The summed E-state index contributed by atoms with van der Waals surface area (Å²) in [6, 6.07) is 11.5. The Labute approximate surface area is 131 Å². The second kappa shape index (κ2) is 7.18. The summed E-state index contributed by atoms with van der Waals surface area (Å²) in [5.41, 5.74) is 3.16. The van der Waals surface area contributed by atoms with Crippen molar-refractivity contribution in [3.63, 3.8) is 0 Å². The first-order valence-electron chi connectivity index (χ1n) is 7.29. The number of aromatic hydroxyl groups is 1. The van der Waals surface area contributed by atoms with Gasteiger partial charge in [0.2, 0.25) is 0 Å². The molecule has 0 saturated heterocycles. The second-order valence-corrected chi connectivity index (χ2v) is 5.30. The van der Waals surface area contributed by atoms with Crippen LogP contribution in [0.15, 0.2) is 36.4 Å². The van der Waals surface area contributed by atoms with E-state index in [2.05, 4.69) is 19.2 Å². The quantitative estimate of drug-likeness (QED) is 0.856. The molecule has 22 heavy (non-hydrogen) atoms. The molecule has 0 aliphatic carbocycles. The van der Waals surface area contributed by atoms with E-state index >= 15 is 0 Å². The van der Waals surface area contributed by atoms with Crippen LogP contribution < -0.4 is 14.8 Å². The van der Waals surface area contributed by atoms with Crippen LogP contribution in [0.1, 0.15) is 29.7 Å². The van der Waals surface area contributed by atoms with Crippen molar-refractivity contribution in [2.45, 2.75) is 26.4 Å². The van der Waals surface area contributed by atoms with Gasteiger partial charge in [0.1, 0.15) is 5.75 Å². The number of rotatable bonds is 6. The van der Waals surface area contributed by atoms with Crippen molar-refractivity contribution in [3.05, 3.63) is 53.1 Å². The molecule has 1 atom stereocenters. The topological polar surface area (TPSA) is 50.7 Å². The normalized spacial score (nSPS) is 12.0. The van der Waals surface area contributed by atoms with Crippen LogP contribution in [0.4, 0.5) is 0 Å². The van der Waals surface area contributed by atoms with Gasteiger partial charge in [0.25, 0.3) is 0 Å². The zero-order valence-corrected chi connectivity index (χ0v) is 13.5. The molecule has 4 nitrogen and oxygen atoms in total. The Morgan fingerprint density at radius 1 is 1.09 bits per heavy atom. The van der Waals surface area contributed by atoms with Crippen LogP contribution in [0.5, 0.6) is 17.2 Å². The number of para-hydroxylation sites is 1. The van der Waals surface area contributed by atoms with Crippen LogP contribution in [0.2, 0.25) is 0 Å². The number of nitrogens with one attached hydrogen (secondary N) is 1. The van der Waals surface area contributed by atoms with Gasteiger partial charge < -0.3 is 19.9 Å². The molecule has 0 radical (unpaired) electrons. The smallest absolute Gasteiger partial charge is 0.161 e. The van der Waals surface area contributed by atoms with Crippen molar-refractivity contribution in [2.75, 3.05) is 14.2 Å². The van der Waals surface area contributed by atoms with E-state index < -0.39 is 0 Å². The number of ether oxygens (including phenoxy) is 2. The van der Waals surface area contributed by atoms with Gasteiger partial charge >= 0.3 is 0 Å². The molecule has 0 bridgehead atoms. The van der Waals surface area contributed by atoms with Gasteiger partial charge in [0.05, 0.1) is 14.2 Å².